The Morgan fingerprint density at radius 2 is 1.67 bits per heavy atom. The molecule has 2 nitrogen and oxygen atoms in total. The molecule has 1 heterocycles. The molecule has 0 atom stereocenters. The Kier molecular flexibility index (Phi) is 6.36. The van der Waals surface area contributed by atoms with Crippen molar-refractivity contribution in [2.45, 2.75) is 32.1 Å². The van der Waals surface area contributed by atoms with Crippen LogP contribution in [0.15, 0.2) is 59.0 Å². The first-order valence-electron chi connectivity index (χ1n) is 8.64. The molecule has 3 heteroatoms. The minimum absolute atomic E-state index is 0.776. The number of ether oxygens (including phenoxy) is 1. The lowest BCUT2D eigenvalue weighted by Gasteiger charge is -2.07. The highest BCUT2D eigenvalue weighted by Gasteiger charge is 2.06. The number of unbranched alkanes of at least 4 members (excludes halogenated alkanes) is 4. The van der Waals surface area contributed by atoms with Crippen molar-refractivity contribution in [3.63, 3.8) is 0 Å². The van der Waals surface area contributed by atoms with Crippen molar-refractivity contribution >= 4 is 26.9 Å². The number of furan rings is 1. The van der Waals surface area contributed by atoms with E-state index in [1.54, 1.807) is 0 Å². The van der Waals surface area contributed by atoms with E-state index in [1.165, 1.54) is 25.7 Å². The summed E-state index contributed by atoms with van der Waals surface area (Å²) in [5.41, 5.74) is 1.98. The smallest absolute Gasteiger partial charge is 0.135 e. The summed E-state index contributed by atoms with van der Waals surface area (Å²) in [6.07, 6.45) is 6.19. The topological polar surface area (TPSA) is 22.4 Å². The van der Waals surface area contributed by atoms with Crippen LogP contribution >= 0.6 is 15.9 Å². The van der Waals surface area contributed by atoms with Gasteiger partial charge < -0.3 is 9.15 Å². The number of fused-ring (bicyclic) bond motifs is 1. The average Bonchev–Trinajstić information content (AvgIpc) is 3.05. The van der Waals surface area contributed by atoms with Gasteiger partial charge in [-0.2, -0.15) is 0 Å². The molecule has 0 aliphatic carbocycles. The zero-order valence-corrected chi connectivity index (χ0v) is 15.4. The number of halogens is 1. The highest BCUT2D eigenvalue weighted by molar-refractivity contribution is 9.09. The Labute approximate surface area is 152 Å². The van der Waals surface area contributed by atoms with Crippen LogP contribution in [0, 0.1) is 0 Å². The van der Waals surface area contributed by atoms with Gasteiger partial charge in [-0.15, -0.1) is 0 Å². The molecule has 0 amide bonds. The van der Waals surface area contributed by atoms with Gasteiger partial charge in [0, 0.05) is 16.3 Å². The first kappa shape index (κ1) is 17.1. The Hall–Kier alpha value is -1.74. The average molecular weight is 387 g/mol. The molecule has 0 bridgehead atoms. The second kappa shape index (κ2) is 8.93. The van der Waals surface area contributed by atoms with Gasteiger partial charge in [0.15, 0.2) is 0 Å². The maximum Gasteiger partial charge on any atom is 0.135 e. The number of para-hydroxylation sites is 1. The SMILES string of the molecule is BrCCCCCCCOc1cccc(-c2cc3ccccc3o2)c1. The van der Waals surface area contributed by atoms with Gasteiger partial charge in [-0.25, -0.2) is 0 Å². The zero-order valence-electron chi connectivity index (χ0n) is 13.8. The highest BCUT2D eigenvalue weighted by Crippen LogP contribution is 2.29. The van der Waals surface area contributed by atoms with Crippen molar-refractivity contribution in [2.75, 3.05) is 11.9 Å². The van der Waals surface area contributed by atoms with Crippen LogP contribution in [-0.2, 0) is 0 Å². The Morgan fingerprint density at radius 1 is 0.833 bits per heavy atom. The second-order valence-electron chi connectivity index (χ2n) is 5.98. The van der Waals surface area contributed by atoms with Gasteiger partial charge in [0.1, 0.15) is 17.1 Å². The van der Waals surface area contributed by atoms with E-state index in [9.17, 15) is 0 Å². The highest BCUT2D eigenvalue weighted by atomic mass is 79.9. The number of rotatable bonds is 9. The molecule has 0 aliphatic heterocycles. The van der Waals surface area contributed by atoms with E-state index in [1.807, 2.05) is 30.3 Å². The maximum absolute atomic E-state index is 5.93. The Morgan fingerprint density at radius 3 is 2.54 bits per heavy atom. The standard InChI is InChI=1S/C21H23BrO2/c22-13-6-2-1-3-7-14-23-19-11-8-10-17(15-19)21-16-18-9-4-5-12-20(18)24-21/h4-5,8-12,15-16H,1-3,6-7,13-14H2. The predicted octanol–water partition coefficient (Wildman–Crippen LogP) is 6.82. The van der Waals surface area contributed by atoms with E-state index in [2.05, 4.69) is 40.2 Å². The van der Waals surface area contributed by atoms with Crippen LogP contribution in [0.2, 0.25) is 0 Å². The third kappa shape index (κ3) is 4.64. The third-order valence-corrected chi connectivity index (χ3v) is 4.65. The van der Waals surface area contributed by atoms with Crippen molar-refractivity contribution < 1.29 is 9.15 Å². The normalized spacial score (nSPS) is 11.0. The fraction of sp³-hybridized carbons (Fsp3) is 0.333. The molecule has 0 fully saturated rings. The number of benzene rings is 2. The predicted molar refractivity (Wildman–Crippen MR) is 104 cm³/mol. The van der Waals surface area contributed by atoms with Crippen LogP contribution in [0.3, 0.4) is 0 Å². The van der Waals surface area contributed by atoms with E-state index in [4.69, 9.17) is 9.15 Å². The minimum Gasteiger partial charge on any atom is -0.494 e. The van der Waals surface area contributed by atoms with E-state index in [0.717, 1.165) is 46.4 Å². The largest absolute Gasteiger partial charge is 0.494 e. The van der Waals surface area contributed by atoms with Crippen LogP contribution in [0.4, 0.5) is 0 Å². The zero-order chi connectivity index (χ0) is 16.6. The van der Waals surface area contributed by atoms with Gasteiger partial charge in [0.05, 0.1) is 6.61 Å². The van der Waals surface area contributed by atoms with Gasteiger partial charge in [-0.3, -0.25) is 0 Å². The summed E-state index contributed by atoms with van der Waals surface area (Å²) in [4.78, 5) is 0. The summed E-state index contributed by atoms with van der Waals surface area (Å²) in [6.45, 7) is 0.776. The summed E-state index contributed by atoms with van der Waals surface area (Å²) in [5.74, 6) is 1.80. The third-order valence-electron chi connectivity index (χ3n) is 4.09. The first-order chi connectivity index (χ1) is 11.9. The summed E-state index contributed by atoms with van der Waals surface area (Å²) >= 11 is 3.47. The van der Waals surface area contributed by atoms with Crippen LogP contribution in [0.5, 0.6) is 5.75 Å². The van der Waals surface area contributed by atoms with Gasteiger partial charge >= 0.3 is 0 Å². The first-order valence-corrected chi connectivity index (χ1v) is 9.77. The maximum atomic E-state index is 5.93. The van der Waals surface area contributed by atoms with Crippen LogP contribution in [0.25, 0.3) is 22.3 Å². The van der Waals surface area contributed by atoms with Crippen molar-refractivity contribution in [2.24, 2.45) is 0 Å². The van der Waals surface area contributed by atoms with Crippen LogP contribution < -0.4 is 4.74 Å². The van der Waals surface area contributed by atoms with Crippen molar-refractivity contribution in [1.29, 1.82) is 0 Å². The van der Waals surface area contributed by atoms with E-state index in [0.29, 0.717) is 0 Å². The van der Waals surface area contributed by atoms with E-state index < -0.39 is 0 Å². The quantitative estimate of drug-likeness (QED) is 0.297. The molecule has 0 radical (unpaired) electrons. The van der Waals surface area contributed by atoms with Gasteiger partial charge in [0.2, 0.25) is 0 Å². The molecule has 0 N–H and O–H groups in total. The second-order valence-corrected chi connectivity index (χ2v) is 6.77. The van der Waals surface area contributed by atoms with Crippen molar-refractivity contribution in [3.8, 4) is 17.1 Å². The molecular formula is C21H23BrO2. The fourth-order valence-electron chi connectivity index (χ4n) is 2.78. The summed E-state index contributed by atoms with van der Waals surface area (Å²) in [6, 6.07) is 18.3. The van der Waals surface area contributed by atoms with E-state index in [-0.39, 0.29) is 0 Å². The summed E-state index contributed by atoms with van der Waals surface area (Å²) < 4.78 is 11.8. The Bertz CT molecular complexity index is 730. The number of hydrogen-bond acceptors (Lipinski definition) is 2. The van der Waals surface area contributed by atoms with E-state index >= 15 is 0 Å². The molecule has 24 heavy (non-hydrogen) atoms. The fourth-order valence-corrected chi connectivity index (χ4v) is 3.18. The molecule has 126 valence electrons. The lowest BCUT2D eigenvalue weighted by Crippen LogP contribution is -1.97. The van der Waals surface area contributed by atoms with Gasteiger partial charge in [0.25, 0.3) is 0 Å². The molecule has 0 saturated heterocycles. The molecule has 0 saturated carbocycles. The van der Waals surface area contributed by atoms with Crippen molar-refractivity contribution in [1.82, 2.24) is 0 Å². The summed E-state index contributed by atoms with van der Waals surface area (Å²) in [5, 5.41) is 2.24. The Balaban J connectivity index is 1.56. The van der Waals surface area contributed by atoms with Gasteiger partial charge in [-0.05, 0) is 37.1 Å². The van der Waals surface area contributed by atoms with Crippen LogP contribution in [0.1, 0.15) is 32.1 Å². The number of alkyl halides is 1. The number of hydrogen-bond donors (Lipinski definition) is 0. The lowest BCUT2D eigenvalue weighted by atomic mass is 10.1. The molecule has 0 unspecified atom stereocenters. The molecule has 0 spiro atoms. The van der Waals surface area contributed by atoms with Crippen molar-refractivity contribution in [3.05, 3.63) is 54.6 Å². The molecule has 3 rings (SSSR count). The molecule has 1 aromatic heterocycles. The monoisotopic (exact) mass is 386 g/mol. The minimum atomic E-state index is 0.776. The van der Waals surface area contributed by atoms with Crippen LogP contribution in [-0.4, -0.2) is 11.9 Å². The molecule has 3 aromatic rings. The molecule has 0 aliphatic rings. The molecule has 2 aromatic carbocycles. The van der Waals surface area contributed by atoms with Gasteiger partial charge in [-0.1, -0.05) is 65.5 Å². The summed E-state index contributed by atoms with van der Waals surface area (Å²) in [7, 11) is 0. The molecular weight excluding hydrogens is 364 g/mol. The lowest BCUT2D eigenvalue weighted by molar-refractivity contribution is 0.304.